The highest BCUT2D eigenvalue weighted by Crippen LogP contribution is 2.22. The van der Waals surface area contributed by atoms with Crippen molar-refractivity contribution < 1.29 is 13.2 Å². The summed E-state index contributed by atoms with van der Waals surface area (Å²) in [7, 11) is -3.59. The van der Waals surface area contributed by atoms with Gasteiger partial charge in [0, 0.05) is 13.1 Å². The molecule has 8 heteroatoms. The third-order valence-electron chi connectivity index (χ3n) is 3.23. The molecule has 0 aromatic carbocycles. The van der Waals surface area contributed by atoms with Gasteiger partial charge in [0.25, 0.3) is 5.91 Å². The molecule has 6 nitrogen and oxygen atoms in total. The number of aromatic nitrogens is 1. The Balaban J connectivity index is 2.18. The Morgan fingerprint density at radius 2 is 2.16 bits per heavy atom. The molecular weight excluding hydrogens is 286 g/mol. The van der Waals surface area contributed by atoms with E-state index < -0.39 is 15.3 Å². The Kier molecular flexibility index (Phi) is 3.93. The molecular formula is C11H17N3O3S2. The number of carbonyl (C=O) groups excluding carboxylic acids is 1. The molecule has 0 saturated carbocycles. The number of piperidine rings is 1. The zero-order valence-corrected chi connectivity index (χ0v) is 12.6. The minimum absolute atomic E-state index is 0.142. The zero-order valence-electron chi connectivity index (χ0n) is 10.9. The minimum atomic E-state index is -3.59. The molecule has 1 fully saturated rings. The number of amides is 1. The summed E-state index contributed by atoms with van der Waals surface area (Å²) in [6.07, 6.45) is 1.17. The van der Waals surface area contributed by atoms with Crippen molar-refractivity contribution >= 4 is 27.3 Å². The molecule has 2 heterocycles. The van der Waals surface area contributed by atoms with E-state index in [1.165, 1.54) is 11.3 Å². The standard InChI is InChI=1S/C11H17N3O3S2/c1-7-10(18-8(2)13-7)11(15)14-5-3-4-9(6-14)19(12,16)17/h9H,3-6H2,1-2H3,(H2,12,16,17). The molecule has 0 bridgehead atoms. The van der Waals surface area contributed by atoms with Crippen LogP contribution >= 0.6 is 11.3 Å². The van der Waals surface area contributed by atoms with Gasteiger partial charge in [-0.1, -0.05) is 0 Å². The van der Waals surface area contributed by atoms with Gasteiger partial charge in [0.1, 0.15) is 4.88 Å². The molecule has 2 rings (SSSR count). The predicted octanol–water partition coefficient (Wildman–Crippen LogP) is 0.653. The molecule has 1 amide bonds. The summed E-state index contributed by atoms with van der Waals surface area (Å²) in [6, 6.07) is 0. The number of nitrogens with zero attached hydrogens (tertiary/aromatic N) is 2. The van der Waals surface area contributed by atoms with Gasteiger partial charge in [-0.05, 0) is 26.7 Å². The number of rotatable bonds is 2. The van der Waals surface area contributed by atoms with Crippen LogP contribution in [-0.4, -0.2) is 42.5 Å². The summed E-state index contributed by atoms with van der Waals surface area (Å²) in [6.45, 7) is 4.38. The molecule has 106 valence electrons. The van der Waals surface area contributed by atoms with E-state index >= 15 is 0 Å². The molecule has 1 atom stereocenters. The van der Waals surface area contributed by atoms with Crippen LogP contribution in [0.15, 0.2) is 0 Å². The lowest BCUT2D eigenvalue weighted by molar-refractivity contribution is 0.0731. The molecule has 1 saturated heterocycles. The van der Waals surface area contributed by atoms with Crippen LogP contribution in [-0.2, 0) is 10.0 Å². The Bertz CT molecular complexity index is 594. The fourth-order valence-electron chi connectivity index (χ4n) is 2.26. The highest BCUT2D eigenvalue weighted by Gasteiger charge is 2.31. The van der Waals surface area contributed by atoms with Gasteiger partial charge in [0.05, 0.1) is 16.0 Å². The fourth-order valence-corrected chi connectivity index (χ4v) is 4.03. The number of sulfonamides is 1. The number of thiazole rings is 1. The SMILES string of the molecule is Cc1nc(C)c(C(=O)N2CCCC(S(N)(=O)=O)C2)s1. The smallest absolute Gasteiger partial charge is 0.265 e. The molecule has 0 radical (unpaired) electrons. The first-order valence-corrected chi connectivity index (χ1v) is 8.46. The van der Waals surface area contributed by atoms with Crippen LogP contribution in [0.4, 0.5) is 0 Å². The van der Waals surface area contributed by atoms with E-state index in [0.29, 0.717) is 30.0 Å². The van der Waals surface area contributed by atoms with Crippen LogP contribution in [0.25, 0.3) is 0 Å². The number of likely N-dealkylation sites (tertiary alicyclic amines) is 1. The van der Waals surface area contributed by atoms with Crippen LogP contribution in [0.2, 0.25) is 0 Å². The van der Waals surface area contributed by atoms with Crippen LogP contribution < -0.4 is 5.14 Å². The van der Waals surface area contributed by atoms with Crippen molar-refractivity contribution in [2.75, 3.05) is 13.1 Å². The second kappa shape index (κ2) is 5.18. The Morgan fingerprint density at radius 3 is 2.68 bits per heavy atom. The number of nitrogens with two attached hydrogens (primary N) is 1. The molecule has 1 aliphatic rings. The predicted molar refractivity (Wildman–Crippen MR) is 73.6 cm³/mol. The van der Waals surface area contributed by atoms with Crippen LogP contribution in [0.1, 0.15) is 33.2 Å². The maximum atomic E-state index is 12.4. The van der Waals surface area contributed by atoms with E-state index in [9.17, 15) is 13.2 Å². The third kappa shape index (κ3) is 3.13. The van der Waals surface area contributed by atoms with E-state index in [0.717, 1.165) is 5.01 Å². The maximum absolute atomic E-state index is 12.4. The highest BCUT2D eigenvalue weighted by atomic mass is 32.2. The Morgan fingerprint density at radius 1 is 1.47 bits per heavy atom. The number of hydrogen-bond donors (Lipinski definition) is 1. The van der Waals surface area contributed by atoms with E-state index in [1.807, 2.05) is 6.92 Å². The first-order valence-electron chi connectivity index (χ1n) is 6.04. The molecule has 0 spiro atoms. The molecule has 19 heavy (non-hydrogen) atoms. The molecule has 0 aliphatic carbocycles. The average Bonchev–Trinajstić information content (AvgIpc) is 2.66. The van der Waals surface area contributed by atoms with Gasteiger partial charge in [-0.3, -0.25) is 4.79 Å². The van der Waals surface area contributed by atoms with Gasteiger partial charge in [0.2, 0.25) is 10.0 Å². The molecule has 1 aromatic rings. The van der Waals surface area contributed by atoms with Crippen molar-refractivity contribution in [3.05, 3.63) is 15.6 Å². The lowest BCUT2D eigenvalue weighted by Gasteiger charge is -2.31. The summed E-state index contributed by atoms with van der Waals surface area (Å²) in [5.74, 6) is -0.142. The largest absolute Gasteiger partial charge is 0.337 e. The number of primary sulfonamides is 1. The van der Waals surface area contributed by atoms with Crippen molar-refractivity contribution in [1.82, 2.24) is 9.88 Å². The minimum Gasteiger partial charge on any atom is -0.337 e. The van der Waals surface area contributed by atoms with E-state index in [4.69, 9.17) is 5.14 Å². The van der Waals surface area contributed by atoms with Gasteiger partial charge in [-0.15, -0.1) is 11.3 Å². The van der Waals surface area contributed by atoms with Crippen LogP contribution in [0.3, 0.4) is 0 Å². The summed E-state index contributed by atoms with van der Waals surface area (Å²) < 4.78 is 22.8. The maximum Gasteiger partial charge on any atom is 0.265 e. The fraction of sp³-hybridized carbons (Fsp3) is 0.636. The number of carbonyl (C=O) groups is 1. The lowest BCUT2D eigenvalue weighted by atomic mass is 10.1. The second-order valence-corrected chi connectivity index (χ2v) is 7.80. The van der Waals surface area contributed by atoms with Crippen molar-refractivity contribution in [2.24, 2.45) is 5.14 Å². The second-order valence-electron chi connectivity index (χ2n) is 4.75. The molecule has 1 aliphatic heterocycles. The van der Waals surface area contributed by atoms with Gasteiger partial charge in [0.15, 0.2) is 0 Å². The summed E-state index contributed by atoms with van der Waals surface area (Å²) in [4.78, 5) is 18.7. The zero-order chi connectivity index (χ0) is 14.2. The van der Waals surface area contributed by atoms with Gasteiger partial charge < -0.3 is 4.90 Å². The van der Waals surface area contributed by atoms with E-state index in [1.54, 1.807) is 11.8 Å². The van der Waals surface area contributed by atoms with Crippen molar-refractivity contribution in [3.63, 3.8) is 0 Å². The number of aryl methyl sites for hydroxylation is 2. The van der Waals surface area contributed by atoms with E-state index in [-0.39, 0.29) is 12.5 Å². The monoisotopic (exact) mass is 303 g/mol. The topological polar surface area (TPSA) is 93.4 Å². The lowest BCUT2D eigenvalue weighted by Crippen LogP contribution is -2.47. The Hall–Kier alpha value is -0.990. The van der Waals surface area contributed by atoms with Gasteiger partial charge >= 0.3 is 0 Å². The first kappa shape index (κ1) is 14.4. The molecule has 1 unspecified atom stereocenters. The van der Waals surface area contributed by atoms with Crippen molar-refractivity contribution in [3.8, 4) is 0 Å². The summed E-state index contributed by atoms with van der Waals surface area (Å²) in [5, 5.41) is 5.35. The quantitative estimate of drug-likeness (QED) is 0.868. The first-order chi connectivity index (χ1) is 8.79. The van der Waals surface area contributed by atoms with Gasteiger partial charge in [-0.25, -0.2) is 18.5 Å². The molecule has 1 aromatic heterocycles. The van der Waals surface area contributed by atoms with Crippen molar-refractivity contribution in [1.29, 1.82) is 0 Å². The van der Waals surface area contributed by atoms with Crippen LogP contribution in [0.5, 0.6) is 0 Å². The normalized spacial score (nSPS) is 20.6. The summed E-state index contributed by atoms with van der Waals surface area (Å²) >= 11 is 1.34. The average molecular weight is 303 g/mol. The van der Waals surface area contributed by atoms with Gasteiger partial charge in [-0.2, -0.15) is 0 Å². The molecule has 2 N–H and O–H groups in total. The highest BCUT2D eigenvalue weighted by molar-refractivity contribution is 7.89. The third-order valence-corrected chi connectivity index (χ3v) is 5.60. The van der Waals surface area contributed by atoms with Crippen molar-refractivity contribution in [2.45, 2.75) is 31.9 Å². The number of hydrogen-bond acceptors (Lipinski definition) is 5. The Labute approximate surface area is 116 Å². The van der Waals surface area contributed by atoms with E-state index in [2.05, 4.69) is 4.98 Å². The van der Waals surface area contributed by atoms with Crippen LogP contribution in [0, 0.1) is 13.8 Å². The summed E-state index contributed by atoms with van der Waals surface area (Å²) in [5.41, 5.74) is 0.699.